The highest BCUT2D eigenvalue weighted by atomic mass is 16.3. The Kier molecular flexibility index (Phi) is 4.27. The number of carbonyl (C=O) groups is 1. The van der Waals surface area contributed by atoms with E-state index in [0.717, 1.165) is 5.69 Å². The number of aliphatic hydroxyl groups is 2. The van der Waals surface area contributed by atoms with Crippen LogP contribution in [0.1, 0.15) is 10.4 Å². The molecule has 1 unspecified atom stereocenters. The summed E-state index contributed by atoms with van der Waals surface area (Å²) in [4.78, 5) is 11.7. The van der Waals surface area contributed by atoms with Gasteiger partial charge in [-0.25, -0.2) is 4.68 Å². The first-order chi connectivity index (χ1) is 9.20. The lowest BCUT2D eigenvalue weighted by atomic mass is 10.2. The molecule has 1 aromatic heterocycles. The van der Waals surface area contributed by atoms with Crippen molar-refractivity contribution < 1.29 is 15.0 Å². The Labute approximate surface area is 110 Å². The maximum absolute atomic E-state index is 11.7. The van der Waals surface area contributed by atoms with Gasteiger partial charge in [0.25, 0.3) is 5.91 Å². The molecule has 100 valence electrons. The van der Waals surface area contributed by atoms with E-state index in [0.29, 0.717) is 5.56 Å². The highest BCUT2D eigenvalue weighted by molar-refractivity contribution is 5.94. The van der Waals surface area contributed by atoms with Crippen LogP contribution >= 0.6 is 0 Å². The van der Waals surface area contributed by atoms with Crippen LogP contribution < -0.4 is 5.32 Å². The van der Waals surface area contributed by atoms with E-state index in [1.165, 1.54) is 0 Å². The van der Waals surface area contributed by atoms with Crippen molar-refractivity contribution in [3.63, 3.8) is 0 Å². The average molecular weight is 261 g/mol. The molecule has 3 N–H and O–H groups in total. The van der Waals surface area contributed by atoms with Gasteiger partial charge < -0.3 is 15.5 Å². The first-order valence-corrected chi connectivity index (χ1v) is 5.88. The van der Waals surface area contributed by atoms with E-state index in [4.69, 9.17) is 10.2 Å². The summed E-state index contributed by atoms with van der Waals surface area (Å²) in [5.74, 6) is -0.292. The molecule has 0 spiro atoms. The van der Waals surface area contributed by atoms with E-state index >= 15 is 0 Å². The first-order valence-electron chi connectivity index (χ1n) is 5.88. The number of benzene rings is 1. The number of hydrogen-bond donors (Lipinski definition) is 3. The zero-order chi connectivity index (χ0) is 13.7. The predicted octanol–water partition coefficient (Wildman–Crippen LogP) is -0.0447. The summed E-state index contributed by atoms with van der Waals surface area (Å²) in [5, 5.41) is 24.4. The molecule has 1 heterocycles. The largest absolute Gasteiger partial charge is 0.394 e. The normalized spacial score (nSPS) is 12.1. The Morgan fingerprint density at radius 1 is 1.37 bits per heavy atom. The predicted molar refractivity (Wildman–Crippen MR) is 69.0 cm³/mol. The third-order valence-corrected chi connectivity index (χ3v) is 2.61. The molecule has 2 rings (SSSR count). The third-order valence-electron chi connectivity index (χ3n) is 2.61. The topological polar surface area (TPSA) is 87.4 Å². The molecule has 0 bridgehead atoms. The summed E-state index contributed by atoms with van der Waals surface area (Å²) < 4.78 is 1.69. The number of aromatic nitrogens is 2. The van der Waals surface area contributed by atoms with Crippen molar-refractivity contribution in [1.82, 2.24) is 15.1 Å². The molecule has 0 aliphatic heterocycles. The van der Waals surface area contributed by atoms with Crippen LogP contribution in [-0.2, 0) is 0 Å². The smallest absolute Gasteiger partial charge is 0.251 e. The van der Waals surface area contributed by atoms with Gasteiger partial charge in [-0.15, -0.1) is 0 Å². The van der Waals surface area contributed by atoms with Crippen molar-refractivity contribution in [3.8, 4) is 5.69 Å². The van der Waals surface area contributed by atoms with Gasteiger partial charge in [-0.2, -0.15) is 5.10 Å². The molecule has 19 heavy (non-hydrogen) atoms. The molecule has 2 aromatic rings. The van der Waals surface area contributed by atoms with Crippen LogP contribution in [0.5, 0.6) is 0 Å². The van der Waals surface area contributed by atoms with Gasteiger partial charge in [-0.1, -0.05) is 0 Å². The van der Waals surface area contributed by atoms with Crippen molar-refractivity contribution in [1.29, 1.82) is 0 Å². The van der Waals surface area contributed by atoms with E-state index < -0.39 is 6.10 Å². The van der Waals surface area contributed by atoms with Crippen LogP contribution in [0.15, 0.2) is 42.7 Å². The van der Waals surface area contributed by atoms with Gasteiger partial charge in [0.05, 0.1) is 18.4 Å². The molecule has 0 aliphatic carbocycles. The van der Waals surface area contributed by atoms with E-state index in [-0.39, 0.29) is 19.1 Å². The summed E-state index contributed by atoms with van der Waals surface area (Å²) in [6.45, 7) is -0.352. The van der Waals surface area contributed by atoms with Gasteiger partial charge in [0.1, 0.15) is 0 Å². The van der Waals surface area contributed by atoms with Gasteiger partial charge in [0.2, 0.25) is 0 Å². The monoisotopic (exact) mass is 261 g/mol. The highest BCUT2D eigenvalue weighted by Gasteiger charge is 2.08. The van der Waals surface area contributed by atoms with Crippen molar-refractivity contribution >= 4 is 5.91 Å². The molecular formula is C13H15N3O3. The van der Waals surface area contributed by atoms with Crippen LogP contribution in [0, 0.1) is 0 Å². The summed E-state index contributed by atoms with van der Waals surface area (Å²) in [5.41, 5.74) is 1.35. The number of nitrogens with zero attached hydrogens (tertiary/aromatic N) is 2. The third kappa shape index (κ3) is 3.40. The minimum absolute atomic E-state index is 0.0240. The number of hydrogen-bond acceptors (Lipinski definition) is 4. The second kappa shape index (κ2) is 6.12. The molecule has 6 heteroatoms. The number of aliphatic hydroxyl groups excluding tert-OH is 2. The van der Waals surface area contributed by atoms with E-state index in [9.17, 15) is 4.79 Å². The van der Waals surface area contributed by atoms with Crippen LogP contribution in [-0.4, -0.2) is 45.2 Å². The second-order valence-electron chi connectivity index (χ2n) is 4.04. The van der Waals surface area contributed by atoms with Crippen molar-refractivity contribution in [2.45, 2.75) is 6.10 Å². The van der Waals surface area contributed by atoms with Crippen LogP contribution in [0.25, 0.3) is 5.69 Å². The number of amides is 1. The Hall–Kier alpha value is -2.18. The summed E-state index contributed by atoms with van der Waals surface area (Å²) >= 11 is 0. The summed E-state index contributed by atoms with van der Waals surface area (Å²) in [7, 11) is 0. The van der Waals surface area contributed by atoms with Crippen molar-refractivity contribution in [2.75, 3.05) is 13.2 Å². The lowest BCUT2D eigenvalue weighted by Crippen LogP contribution is -2.33. The van der Waals surface area contributed by atoms with Crippen LogP contribution in [0.2, 0.25) is 0 Å². The quantitative estimate of drug-likeness (QED) is 0.704. The molecule has 0 saturated carbocycles. The molecule has 0 radical (unpaired) electrons. The fraction of sp³-hybridized carbons (Fsp3) is 0.231. The van der Waals surface area contributed by atoms with E-state index in [2.05, 4.69) is 10.4 Å². The van der Waals surface area contributed by atoms with Gasteiger partial charge in [0.15, 0.2) is 0 Å². The van der Waals surface area contributed by atoms with Gasteiger partial charge in [-0.3, -0.25) is 4.79 Å². The minimum Gasteiger partial charge on any atom is -0.394 e. The van der Waals surface area contributed by atoms with Crippen LogP contribution in [0.3, 0.4) is 0 Å². The Morgan fingerprint density at radius 2 is 2.11 bits per heavy atom. The maximum atomic E-state index is 11.7. The first kappa shape index (κ1) is 13.3. The maximum Gasteiger partial charge on any atom is 0.251 e. The molecule has 0 saturated heterocycles. The van der Waals surface area contributed by atoms with Gasteiger partial charge in [-0.05, 0) is 30.3 Å². The highest BCUT2D eigenvalue weighted by Crippen LogP contribution is 2.08. The lowest BCUT2D eigenvalue weighted by molar-refractivity contribution is 0.0802. The summed E-state index contributed by atoms with van der Waals surface area (Å²) in [6, 6.07) is 8.74. The van der Waals surface area contributed by atoms with E-state index in [1.807, 2.05) is 12.3 Å². The molecule has 1 amide bonds. The van der Waals surface area contributed by atoms with Gasteiger partial charge in [0, 0.05) is 24.5 Å². The Balaban J connectivity index is 2.00. The standard InChI is InChI=1S/C13H15N3O3/c17-9-12(18)8-14-13(19)10-2-4-11(5-3-10)16-7-1-6-15-16/h1-7,12,17-18H,8-9H2,(H,14,19). The SMILES string of the molecule is O=C(NCC(O)CO)c1ccc(-n2cccn2)cc1. The lowest BCUT2D eigenvalue weighted by Gasteiger charge is -2.09. The van der Waals surface area contributed by atoms with Gasteiger partial charge >= 0.3 is 0 Å². The van der Waals surface area contributed by atoms with Crippen molar-refractivity contribution in [2.24, 2.45) is 0 Å². The number of carbonyl (C=O) groups excluding carboxylic acids is 1. The molecule has 1 atom stereocenters. The average Bonchev–Trinajstić information content (AvgIpc) is 2.98. The molecule has 0 fully saturated rings. The fourth-order valence-electron chi connectivity index (χ4n) is 1.56. The van der Waals surface area contributed by atoms with Crippen LogP contribution in [0.4, 0.5) is 0 Å². The second-order valence-corrected chi connectivity index (χ2v) is 4.04. The zero-order valence-corrected chi connectivity index (χ0v) is 10.2. The minimum atomic E-state index is -0.938. The zero-order valence-electron chi connectivity index (χ0n) is 10.2. The Bertz CT molecular complexity index is 523. The van der Waals surface area contributed by atoms with Crippen molar-refractivity contribution in [3.05, 3.63) is 48.3 Å². The fourth-order valence-corrected chi connectivity index (χ4v) is 1.56. The molecule has 0 aliphatic rings. The molecular weight excluding hydrogens is 246 g/mol. The van der Waals surface area contributed by atoms with E-state index in [1.54, 1.807) is 35.1 Å². The number of rotatable bonds is 5. The summed E-state index contributed by atoms with van der Waals surface area (Å²) in [6.07, 6.45) is 2.55. The Morgan fingerprint density at radius 3 is 2.68 bits per heavy atom. The molecule has 6 nitrogen and oxygen atoms in total. The number of nitrogens with one attached hydrogen (secondary N) is 1. The molecule has 1 aromatic carbocycles.